The van der Waals surface area contributed by atoms with Crippen molar-refractivity contribution in [3.05, 3.63) is 54.6 Å². The van der Waals surface area contributed by atoms with E-state index in [0.717, 1.165) is 11.1 Å². The Hall–Kier alpha value is -1.40. The second kappa shape index (κ2) is 6.79. The fourth-order valence-corrected chi connectivity index (χ4v) is 4.39. The molecule has 0 aromatic heterocycles. The summed E-state index contributed by atoms with van der Waals surface area (Å²) in [5.41, 5.74) is 7.48. The molecule has 3 rings (SSSR count). The fourth-order valence-electron chi connectivity index (χ4n) is 2.66. The van der Waals surface area contributed by atoms with Crippen LogP contribution in [0.2, 0.25) is 0 Å². The Morgan fingerprint density at radius 3 is 2.27 bits per heavy atom. The van der Waals surface area contributed by atoms with Crippen LogP contribution in [-0.4, -0.2) is 31.9 Å². The molecule has 1 heterocycles. The Morgan fingerprint density at radius 1 is 1.00 bits per heavy atom. The molecule has 2 aromatic rings. The molecule has 6 heteroatoms. The topological polar surface area (TPSA) is 63.4 Å². The summed E-state index contributed by atoms with van der Waals surface area (Å²) in [5, 5.41) is 0. The Kier molecular flexibility index (Phi) is 5.24. The normalized spacial score (nSPS) is 18.9. The van der Waals surface area contributed by atoms with Gasteiger partial charge in [0.2, 0.25) is 10.0 Å². The van der Waals surface area contributed by atoms with Gasteiger partial charge in [-0.15, -0.1) is 12.4 Å². The smallest absolute Gasteiger partial charge is 0.243 e. The van der Waals surface area contributed by atoms with Gasteiger partial charge in [0.1, 0.15) is 0 Å². The van der Waals surface area contributed by atoms with Crippen LogP contribution in [-0.2, 0) is 10.0 Å². The van der Waals surface area contributed by atoms with Crippen molar-refractivity contribution in [3.8, 4) is 11.1 Å². The molecule has 1 atom stereocenters. The molecule has 0 aliphatic carbocycles. The Morgan fingerprint density at radius 2 is 1.64 bits per heavy atom. The van der Waals surface area contributed by atoms with E-state index >= 15 is 0 Å². The van der Waals surface area contributed by atoms with E-state index in [-0.39, 0.29) is 18.4 Å². The van der Waals surface area contributed by atoms with Crippen molar-refractivity contribution in [2.75, 3.05) is 13.1 Å². The second-order valence-electron chi connectivity index (χ2n) is 5.27. The van der Waals surface area contributed by atoms with E-state index in [4.69, 9.17) is 5.73 Å². The highest BCUT2D eigenvalue weighted by Crippen LogP contribution is 2.30. The summed E-state index contributed by atoms with van der Waals surface area (Å²) in [6, 6.07) is 16.6. The van der Waals surface area contributed by atoms with Crippen molar-refractivity contribution < 1.29 is 8.42 Å². The average molecular weight is 339 g/mol. The van der Waals surface area contributed by atoms with Crippen LogP contribution in [0.25, 0.3) is 11.1 Å². The van der Waals surface area contributed by atoms with Gasteiger partial charge in [-0.05, 0) is 18.1 Å². The lowest BCUT2D eigenvalue weighted by Crippen LogP contribution is -2.32. The first-order valence-electron chi connectivity index (χ1n) is 6.99. The van der Waals surface area contributed by atoms with Crippen molar-refractivity contribution >= 4 is 22.4 Å². The van der Waals surface area contributed by atoms with Crippen molar-refractivity contribution in [2.45, 2.75) is 17.4 Å². The number of halogens is 1. The number of benzene rings is 2. The summed E-state index contributed by atoms with van der Waals surface area (Å²) in [5.74, 6) is 0. The molecule has 0 radical (unpaired) electrons. The molecule has 1 aliphatic heterocycles. The number of nitrogens with two attached hydrogens (primary N) is 1. The zero-order chi connectivity index (χ0) is 14.9. The highest BCUT2D eigenvalue weighted by molar-refractivity contribution is 7.89. The van der Waals surface area contributed by atoms with Gasteiger partial charge < -0.3 is 5.73 Å². The van der Waals surface area contributed by atoms with Crippen molar-refractivity contribution in [1.82, 2.24) is 4.31 Å². The average Bonchev–Trinajstić information content (AvgIpc) is 2.95. The molecule has 22 heavy (non-hydrogen) atoms. The van der Waals surface area contributed by atoms with Gasteiger partial charge in [0.25, 0.3) is 0 Å². The van der Waals surface area contributed by atoms with Gasteiger partial charge in [0.05, 0.1) is 4.90 Å². The van der Waals surface area contributed by atoms with Gasteiger partial charge in [0, 0.05) is 24.7 Å². The number of hydrogen-bond donors (Lipinski definition) is 1. The van der Waals surface area contributed by atoms with E-state index in [9.17, 15) is 8.42 Å². The molecule has 0 amide bonds. The molecular formula is C16H19ClN2O2S. The molecule has 2 aromatic carbocycles. The van der Waals surface area contributed by atoms with Crippen LogP contribution in [0.1, 0.15) is 6.42 Å². The number of rotatable bonds is 3. The third kappa shape index (κ3) is 3.17. The van der Waals surface area contributed by atoms with E-state index in [1.54, 1.807) is 12.1 Å². The zero-order valence-electron chi connectivity index (χ0n) is 12.1. The highest BCUT2D eigenvalue weighted by Gasteiger charge is 2.32. The van der Waals surface area contributed by atoms with Crippen LogP contribution in [0.5, 0.6) is 0 Å². The molecule has 2 N–H and O–H groups in total. The maximum atomic E-state index is 12.8. The van der Waals surface area contributed by atoms with Gasteiger partial charge in [-0.25, -0.2) is 8.42 Å². The quantitative estimate of drug-likeness (QED) is 0.935. The van der Waals surface area contributed by atoms with E-state index < -0.39 is 10.0 Å². The van der Waals surface area contributed by atoms with Gasteiger partial charge in [-0.2, -0.15) is 4.31 Å². The molecule has 118 valence electrons. The zero-order valence-corrected chi connectivity index (χ0v) is 13.7. The van der Waals surface area contributed by atoms with Gasteiger partial charge in [0.15, 0.2) is 0 Å². The first kappa shape index (κ1) is 17.0. The van der Waals surface area contributed by atoms with Gasteiger partial charge in [-0.1, -0.05) is 48.5 Å². The second-order valence-corrected chi connectivity index (χ2v) is 7.18. The van der Waals surface area contributed by atoms with Crippen LogP contribution >= 0.6 is 12.4 Å². The van der Waals surface area contributed by atoms with Gasteiger partial charge >= 0.3 is 0 Å². The summed E-state index contributed by atoms with van der Waals surface area (Å²) < 4.78 is 27.2. The summed E-state index contributed by atoms with van der Waals surface area (Å²) >= 11 is 0. The predicted octanol–water partition coefficient (Wildman–Crippen LogP) is 2.50. The lowest BCUT2D eigenvalue weighted by atomic mass is 10.1. The maximum absolute atomic E-state index is 12.8. The van der Waals surface area contributed by atoms with Crippen molar-refractivity contribution in [3.63, 3.8) is 0 Å². The highest BCUT2D eigenvalue weighted by atomic mass is 35.5. The largest absolute Gasteiger partial charge is 0.326 e. The summed E-state index contributed by atoms with van der Waals surface area (Å²) in [7, 11) is -3.50. The van der Waals surface area contributed by atoms with Crippen LogP contribution in [0.4, 0.5) is 0 Å². The Labute approximate surface area is 137 Å². The number of nitrogens with zero attached hydrogens (tertiary/aromatic N) is 1. The molecule has 0 bridgehead atoms. The molecule has 1 saturated heterocycles. The van der Waals surface area contributed by atoms with E-state index in [1.807, 2.05) is 42.5 Å². The van der Waals surface area contributed by atoms with E-state index in [0.29, 0.717) is 24.4 Å². The monoisotopic (exact) mass is 338 g/mol. The minimum absolute atomic E-state index is 0. The molecule has 4 nitrogen and oxygen atoms in total. The van der Waals surface area contributed by atoms with Crippen LogP contribution in [0, 0.1) is 0 Å². The standard InChI is InChI=1S/C16H18N2O2S.ClH/c17-14-10-11-18(12-14)21(19,20)16-9-5-4-8-15(16)13-6-2-1-3-7-13;/h1-9,14H,10-12,17H2;1H/t14-;/m1./s1. The molecule has 1 fully saturated rings. The molecule has 0 saturated carbocycles. The lowest BCUT2D eigenvalue weighted by molar-refractivity contribution is 0.472. The van der Waals surface area contributed by atoms with E-state index in [1.165, 1.54) is 4.31 Å². The molecule has 1 aliphatic rings. The van der Waals surface area contributed by atoms with Crippen molar-refractivity contribution in [1.29, 1.82) is 0 Å². The molecule has 0 unspecified atom stereocenters. The van der Waals surface area contributed by atoms with Gasteiger partial charge in [-0.3, -0.25) is 0 Å². The number of hydrogen-bond acceptors (Lipinski definition) is 3. The third-order valence-electron chi connectivity index (χ3n) is 3.78. The first-order valence-corrected chi connectivity index (χ1v) is 8.43. The Bertz CT molecular complexity index is 735. The summed E-state index contributed by atoms with van der Waals surface area (Å²) in [4.78, 5) is 0.352. The lowest BCUT2D eigenvalue weighted by Gasteiger charge is -2.18. The van der Waals surface area contributed by atoms with Crippen LogP contribution < -0.4 is 5.73 Å². The van der Waals surface area contributed by atoms with E-state index in [2.05, 4.69) is 0 Å². The summed E-state index contributed by atoms with van der Waals surface area (Å²) in [6.07, 6.45) is 0.715. The first-order chi connectivity index (χ1) is 10.1. The van der Waals surface area contributed by atoms with Crippen LogP contribution in [0.3, 0.4) is 0 Å². The molecule has 0 spiro atoms. The number of sulfonamides is 1. The summed E-state index contributed by atoms with van der Waals surface area (Å²) in [6.45, 7) is 0.887. The van der Waals surface area contributed by atoms with Crippen LogP contribution in [0.15, 0.2) is 59.5 Å². The predicted molar refractivity (Wildman–Crippen MR) is 90.5 cm³/mol. The minimum atomic E-state index is -3.50. The third-order valence-corrected chi connectivity index (χ3v) is 5.70. The maximum Gasteiger partial charge on any atom is 0.243 e. The SMILES string of the molecule is Cl.N[C@@H]1CCN(S(=O)(=O)c2ccccc2-c2ccccc2)C1. The fraction of sp³-hybridized carbons (Fsp3) is 0.250. The van der Waals surface area contributed by atoms with Crippen molar-refractivity contribution in [2.24, 2.45) is 5.73 Å². The molecular weight excluding hydrogens is 320 g/mol. The minimum Gasteiger partial charge on any atom is -0.326 e. The Balaban J connectivity index is 0.00000176.